The summed E-state index contributed by atoms with van der Waals surface area (Å²) in [6.45, 7) is 1.87. The standard InChI is InChI=1S/C15H18N2O4S/c1-8-6-12(22-7-9(16)15(18)19)13-10(20-2)4-5-11(21-3)14(13)17-8/h4-6,9H,7,16H2,1-3H3,(H,18,19)/t9-/m1/s1. The van der Waals surface area contributed by atoms with Crippen LogP contribution in [0.5, 0.6) is 11.5 Å². The number of hydrogen-bond acceptors (Lipinski definition) is 6. The van der Waals surface area contributed by atoms with E-state index in [0.717, 1.165) is 16.0 Å². The van der Waals surface area contributed by atoms with Crippen molar-refractivity contribution in [2.75, 3.05) is 20.0 Å². The largest absolute Gasteiger partial charge is 0.496 e. The van der Waals surface area contributed by atoms with Gasteiger partial charge in [-0.2, -0.15) is 0 Å². The van der Waals surface area contributed by atoms with E-state index in [2.05, 4.69) is 4.98 Å². The maximum absolute atomic E-state index is 10.9. The molecule has 7 heteroatoms. The molecule has 1 atom stereocenters. The number of carboxylic acids is 1. The fourth-order valence-electron chi connectivity index (χ4n) is 2.07. The van der Waals surface area contributed by atoms with Crippen molar-refractivity contribution in [3.05, 3.63) is 23.9 Å². The molecule has 0 saturated carbocycles. The highest BCUT2D eigenvalue weighted by molar-refractivity contribution is 7.99. The molecule has 0 aliphatic heterocycles. The van der Waals surface area contributed by atoms with Crippen molar-refractivity contribution in [2.45, 2.75) is 17.9 Å². The van der Waals surface area contributed by atoms with E-state index in [1.165, 1.54) is 11.8 Å². The zero-order valence-corrected chi connectivity index (χ0v) is 13.4. The minimum atomic E-state index is -1.02. The highest BCUT2D eigenvalue weighted by Crippen LogP contribution is 2.38. The van der Waals surface area contributed by atoms with E-state index in [1.54, 1.807) is 26.4 Å². The molecule has 1 heterocycles. The molecule has 0 radical (unpaired) electrons. The number of benzene rings is 1. The Morgan fingerprint density at radius 3 is 2.59 bits per heavy atom. The van der Waals surface area contributed by atoms with Crippen molar-refractivity contribution in [1.29, 1.82) is 0 Å². The Kier molecular flexibility index (Phi) is 5.10. The van der Waals surface area contributed by atoms with Crippen molar-refractivity contribution in [2.24, 2.45) is 5.73 Å². The lowest BCUT2D eigenvalue weighted by Gasteiger charge is -2.14. The third-order valence-corrected chi connectivity index (χ3v) is 4.31. The molecule has 1 aromatic carbocycles. The monoisotopic (exact) mass is 322 g/mol. The van der Waals surface area contributed by atoms with Crippen LogP contribution in [0.25, 0.3) is 10.9 Å². The van der Waals surface area contributed by atoms with E-state index in [1.807, 2.05) is 13.0 Å². The van der Waals surface area contributed by atoms with E-state index in [0.29, 0.717) is 17.0 Å². The van der Waals surface area contributed by atoms with E-state index in [-0.39, 0.29) is 5.75 Å². The van der Waals surface area contributed by atoms with E-state index in [4.69, 9.17) is 20.3 Å². The van der Waals surface area contributed by atoms with Crippen LogP contribution >= 0.6 is 11.8 Å². The fourth-order valence-corrected chi connectivity index (χ4v) is 3.17. The summed E-state index contributed by atoms with van der Waals surface area (Å²) in [5.74, 6) is 0.541. The summed E-state index contributed by atoms with van der Waals surface area (Å²) in [7, 11) is 3.16. The average Bonchev–Trinajstić information content (AvgIpc) is 2.50. The van der Waals surface area contributed by atoms with Crippen LogP contribution in [-0.2, 0) is 4.79 Å². The van der Waals surface area contributed by atoms with Gasteiger partial charge in [-0.05, 0) is 25.1 Å². The number of thioether (sulfide) groups is 1. The summed E-state index contributed by atoms with van der Waals surface area (Å²) >= 11 is 1.37. The minimum Gasteiger partial charge on any atom is -0.496 e. The second-order valence-corrected chi connectivity index (χ2v) is 5.77. The van der Waals surface area contributed by atoms with Gasteiger partial charge in [-0.15, -0.1) is 11.8 Å². The van der Waals surface area contributed by atoms with Crippen molar-refractivity contribution < 1.29 is 19.4 Å². The third-order valence-electron chi connectivity index (χ3n) is 3.15. The molecule has 118 valence electrons. The number of aromatic nitrogens is 1. The predicted molar refractivity (Wildman–Crippen MR) is 85.9 cm³/mol. The van der Waals surface area contributed by atoms with Crippen molar-refractivity contribution in [1.82, 2.24) is 4.98 Å². The molecule has 2 aromatic rings. The lowest BCUT2D eigenvalue weighted by atomic mass is 10.1. The molecular formula is C15H18N2O4S. The second kappa shape index (κ2) is 6.85. The Morgan fingerprint density at radius 1 is 1.36 bits per heavy atom. The van der Waals surface area contributed by atoms with Gasteiger partial charge in [-0.25, -0.2) is 4.98 Å². The Balaban J connectivity index is 2.54. The summed E-state index contributed by atoms with van der Waals surface area (Å²) in [6, 6.07) is 4.57. The van der Waals surface area contributed by atoms with Crippen LogP contribution in [0.3, 0.4) is 0 Å². The minimum absolute atomic E-state index is 0.258. The molecule has 0 amide bonds. The Morgan fingerprint density at radius 2 is 2.00 bits per heavy atom. The molecule has 0 unspecified atom stereocenters. The number of carboxylic acid groups (broad SMARTS) is 1. The van der Waals surface area contributed by atoms with Gasteiger partial charge in [-0.1, -0.05) is 0 Å². The molecule has 0 fully saturated rings. The highest BCUT2D eigenvalue weighted by atomic mass is 32.2. The molecule has 2 rings (SSSR count). The summed E-state index contributed by atoms with van der Waals surface area (Å²) in [5.41, 5.74) is 7.08. The number of hydrogen-bond donors (Lipinski definition) is 2. The molecule has 1 aromatic heterocycles. The predicted octanol–water partition coefficient (Wildman–Crippen LogP) is 2.06. The number of rotatable bonds is 6. The van der Waals surface area contributed by atoms with E-state index < -0.39 is 12.0 Å². The number of fused-ring (bicyclic) bond motifs is 1. The van der Waals surface area contributed by atoms with Gasteiger partial charge in [-0.3, -0.25) is 4.79 Å². The zero-order chi connectivity index (χ0) is 16.3. The number of pyridine rings is 1. The van der Waals surface area contributed by atoms with Crippen molar-refractivity contribution in [3.8, 4) is 11.5 Å². The second-order valence-electron chi connectivity index (χ2n) is 4.71. The highest BCUT2D eigenvalue weighted by Gasteiger charge is 2.17. The Bertz CT molecular complexity index is 705. The number of methoxy groups -OCH3 is 2. The van der Waals surface area contributed by atoms with Crippen LogP contribution in [0.15, 0.2) is 23.1 Å². The van der Waals surface area contributed by atoms with Crippen LogP contribution in [0.4, 0.5) is 0 Å². The maximum atomic E-state index is 10.9. The summed E-state index contributed by atoms with van der Waals surface area (Å²) in [6.07, 6.45) is 0. The van der Waals surface area contributed by atoms with Crippen LogP contribution in [0, 0.1) is 6.92 Å². The molecular weight excluding hydrogens is 304 g/mol. The van der Waals surface area contributed by atoms with Gasteiger partial charge in [0.25, 0.3) is 0 Å². The van der Waals surface area contributed by atoms with Gasteiger partial charge in [0.15, 0.2) is 0 Å². The van der Waals surface area contributed by atoms with Gasteiger partial charge >= 0.3 is 5.97 Å². The number of aliphatic carboxylic acids is 1. The molecule has 3 N–H and O–H groups in total. The van der Waals surface area contributed by atoms with Crippen LogP contribution in [0.1, 0.15) is 5.69 Å². The van der Waals surface area contributed by atoms with Gasteiger partial charge < -0.3 is 20.3 Å². The zero-order valence-electron chi connectivity index (χ0n) is 12.6. The molecule has 0 aliphatic carbocycles. The van der Waals surface area contributed by atoms with Crippen LogP contribution in [-0.4, -0.2) is 42.1 Å². The quantitative estimate of drug-likeness (QED) is 0.786. The SMILES string of the molecule is COc1ccc(OC)c2c(SC[C@@H](N)C(=O)O)cc(C)nc12. The van der Waals surface area contributed by atoms with Gasteiger partial charge in [0.1, 0.15) is 23.1 Å². The number of nitrogens with zero attached hydrogens (tertiary/aromatic N) is 1. The molecule has 0 aliphatic rings. The van der Waals surface area contributed by atoms with Crippen LogP contribution < -0.4 is 15.2 Å². The van der Waals surface area contributed by atoms with E-state index in [9.17, 15) is 4.79 Å². The normalized spacial score (nSPS) is 12.2. The molecule has 22 heavy (non-hydrogen) atoms. The van der Waals surface area contributed by atoms with Gasteiger partial charge in [0.2, 0.25) is 0 Å². The topological polar surface area (TPSA) is 94.7 Å². The number of ether oxygens (including phenoxy) is 2. The Hall–Kier alpha value is -1.99. The summed E-state index contributed by atoms with van der Waals surface area (Å²) in [5, 5.41) is 9.72. The third kappa shape index (κ3) is 3.26. The number of aryl methyl sites for hydroxylation is 1. The fraction of sp³-hybridized carbons (Fsp3) is 0.333. The average molecular weight is 322 g/mol. The molecule has 6 nitrogen and oxygen atoms in total. The summed E-state index contributed by atoms with van der Waals surface area (Å²) < 4.78 is 10.8. The number of nitrogens with two attached hydrogens (primary N) is 1. The van der Waals surface area contributed by atoms with Crippen LogP contribution in [0.2, 0.25) is 0 Å². The van der Waals surface area contributed by atoms with Crippen molar-refractivity contribution >= 4 is 28.6 Å². The van der Waals surface area contributed by atoms with Gasteiger partial charge in [0.05, 0.1) is 19.6 Å². The molecule has 0 saturated heterocycles. The first-order valence-electron chi connectivity index (χ1n) is 6.61. The smallest absolute Gasteiger partial charge is 0.321 e. The van der Waals surface area contributed by atoms with Crippen molar-refractivity contribution in [3.63, 3.8) is 0 Å². The first-order chi connectivity index (χ1) is 10.5. The lowest BCUT2D eigenvalue weighted by molar-refractivity contribution is -0.137. The first-order valence-corrected chi connectivity index (χ1v) is 7.60. The maximum Gasteiger partial charge on any atom is 0.321 e. The van der Waals surface area contributed by atoms with E-state index >= 15 is 0 Å². The molecule has 0 spiro atoms. The lowest BCUT2D eigenvalue weighted by Crippen LogP contribution is -2.32. The summed E-state index contributed by atoms with van der Waals surface area (Å²) in [4.78, 5) is 16.3. The van der Waals surface area contributed by atoms with Gasteiger partial charge in [0, 0.05) is 16.3 Å². The molecule has 0 bridgehead atoms. The first kappa shape index (κ1) is 16.4. The number of carbonyl (C=O) groups is 1. The Labute approximate surface area is 132 Å².